The molecule has 21 heavy (non-hydrogen) atoms. The Morgan fingerprint density at radius 2 is 2.00 bits per heavy atom. The number of hydrogen-bond acceptors (Lipinski definition) is 1. The summed E-state index contributed by atoms with van der Waals surface area (Å²) in [6.07, 6.45) is 0.282. The van der Waals surface area contributed by atoms with E-state index in [0.29, 0.717) is 16.3 Å². The predicted octanol–water partition coefficient (Wildman–Crippen LogP) is 5.48. The number of benzene rings is 1. The molecule has 1 aromatic carbocycles. The first-order valence-electron chi connectivity index (χ1n) is 7.24. The largest absolute Gasteiger partial charge is 0.417 e. The summed E-state index contributed by atoms with van der Waals surface area (Å²) in [4.78, 5) is 12.3. The van der Waals surface area contributed by atoms with E-state index in [9.17, 15) is 18.0 Å². The molecular formula is C16H16BrF3O. The van der Waals surface area contributed by atoms with Crippen molar-refractivity contribution in [3.05, 3.63) is 33.8 Å². The van der Waals surface area contributed by atoms with Crippen molar-refractivity contribution in [1.29, 1.82) is 0 Å². The van der Waals surface area contributed by atoms with E-state index in [0.717, 1.165) is 25.3 Å². The van der Waals surface area contributed by atoms with E-state index in [1.54, 1.807) is 0 Å². The van der Waals surface area contributed by atoms with Crippen LogP contribution in [0.4, 0.5) is 13.2 Å². The molecule has 0 spiro atoms. The van der Waals surface area contributed by atoms with Gasteiger partial charge in [0.05, 0.1) is 5.56 Å². The number of carbonyl (C=O) groups excluding carboxylic acids is 1. The molecule has 0 heterocycles. The van der Waals surface area contributed by atoms with Crippen LogP contribution in [-0.2, 0) is 6.18 Å². The van der Waals surface area contributed by atoms with E-state index < -0.39 is 11.7 Å². The van der Waals surface area contributed by atoms with Gasteiger partial charge in [-0.25, -0.2) is 0 Å². The van der Waals surface area contributed by atoms with Gasteiger partial charge < -0.3 is 0 Å². The number of carbonyl (C=O) groups is 1. The van der Waals surface area contributed by atoms with Crippen LogP contribution in [0.3, 0.4) is 0 Å². The van der Waals surface area contributed by atoms with Gasteiger partial charge in [-0.15, -0.1) is 0 Å². The third-order valence-electron chi connectivity index (χ3n) is 4.92. The molecule has 2 fully saturated rings. The number of rotatable bonds is 3. The van der Waals surface area contributed by atoms with Gasteiger partial charge in [-0.2, -0.15) is 13.2 Å². The number of Topliss-reactive ketones (excluding diaryl/α,β-unsaturated/α-hetero) is 1. The molecule has 2 bridgehead atoms. The van der Waals surface area contributed by atoms with Crippen molar-refractivity contribution >= 4 is 21.7 Å². The zero-order valence-electron chi connectivity index (χ0n) is 11.4. The first-order valence-corrected chi connectivity index (χ1v) is 8.04. The highest BCUT2D eigenvalue weighted by atomic mass is 79.9. The Kier molecular flexibility index (Phi) is 3.89. The molecule has 1 nitrogen and oxygen atoms in total. The minimum absolute atomic E-state index is 0.187. The van der Waals surface area contributed by atoms with Crippen molar-refractivity contribution < 1.29 is 18.0 Å². The fourth-order valence-electron chi connectivity index (χ4n) is 3.97. The SMILES string of the molecule is O=C(CC1CC2CCC1C2)c1ccc(Br)cc1C(F)(F)F. The lowest BCUT2D eigenvalue weighted by Gasteiger charge is -2.21. The number of hydrogen-bond donors (Lipinski definition) is 0. The molecule has 0 N–H and O–H groups in total. The Labute approximate surface area is 130 Å². The maximum atomic E-state index is 13.1. The standard InChI is InChI=1S/C16H16BrF3O/c17-12-3-4-13(14(8-12)16(18,19)20)15(21)7-11-6-9-1-2-10(11)5-9/h3-4,8-11H,1-2,5-7H2. The van der Waals surface area contributed by atoms with Crippen molar-refractivity contribution in [3.63, 3.8) is 0 Å². The minimum atomic E-state index is -4.50. The highest BCUT2D eigenvalue weighted by Crippen LogP contribution is 2.50. The lowest BCUT2D eigenvalue weighted by atomic mass is 9.83. The fraction of sp³-hybridized carbons (Fsp3) is 0.562. The second-order valence-electron chi connectivity index (χ2n) is 6.25. The molecule has 3 atom stereocenters. The van der Waals surface area contributed by atoms with Crippen molar-refractivity contribution in [1.82, 2.24) is 0 Å². The molecule has 2 aliphatic carbocycles. The van der Waals surface area contributed by atoms with Gasteiger partial charge in [-0.3, -0.25) is 4.79 Å². The highest BCUT2D eigenvalue weighted by Gasteiger charge is 2.41. The van der Waals surface area contributed by atoms with E-state index in [-0.39, 0.29) is 23.7 Å². The molecule has 3 rings (SSSR count). The Bertz CT molecular complexity index is 567. The summed E-state index contributed by atoms with van der Waals surface area (Å²) in [7, 11) is 0. The van der Waals surface area contributed by atoms with Crippen LogP contribution in [0.2, 0.25) is 0 Å². The summed E-state index contributed by atoms with van der Waals surface area (Å²) >= 11 is 3.04. The molecule has 0 amide bonds. The first kappa shape index (κ1) is 15.1. The average molecular weight is 361 g/mol. The van der Waals surface area contributed by atoms with Crippen LogP contribution in [0.5, 0.6) is 0 Å². The van der Waals surface area contributed by atoms with Gasteiger partial charge in [0.25, 0.3) is 0 Å². The van der Waals surface area contributed by atoms with Gasteiger partial charge in [0.15, 0.2) is 5.78 Å². The molecule has 0 aliphatic heterocycles. The van der Waals surface area contributed by atoms with Crippen LogP contribution < -0.4 is 0 Å². The van der Waals surface area contributed by atoms with Crippen LogP contribution >= 0.6 is 15.9 Å². The molecule has 2 saturated carbocycles. The molecule has 114 valence electrons. The minimum Gasteiger partial charge on any atom is -0.294 e. The van der Waals surface area contributed by atoms with E-state index in [4.69, 9.17) is 0 Å². The predicted molar refractivity (Wildman–Crippen MR) is 77.0 cm³/mol. The number of ketones is 1. The van der Waals surface area contributed by atoms with Crippen LogP contribution in [0.25, 0.3) is 0 Å². The molecule has 3 unspecified atom stereocenters. The summed E-state index contributed by atoms with van der Waals surface area (Å²) in [6.45, 7) is 0. The molecule has 2 aliphatic rings. The number of fused-ring (bicyclic) bond motifs is 2. The van der Waals surface area contributed by atoms with Gasteiger partial charge >= 0.3 is 6.18 Å². The van der Waals surface area contributed by atoms with E-state index in [2.05, 4.69) is 15.9 Å². The van der Waals surface area contributed by atoms with Crippen LogP contribution in [0, 0.1) is 17.8 Å². The van der Waals surface area contributed by atoms with Gasteiger partial charge in [-0.05, 0) is 55.2 Å². The fourth-order valence-corrected chi connectivity index (χ4v) is 4.33. The topological polar surface area (TPSA) is 17.1 Å². The zero-order chi connectivity index (χ0) is 15.2. The molecular weight excluding hydrogens is 345 g/mol. The summed E-state index contributed by atoms with van der Waals surface area (Å²) in [5.41, 5.74) is -1.02. The van der Waals surface area contributed by atoms with E-state index in [1.807, 2.05) is 0 Å². The average Bonchev–Trinajstić information content (AvgIpc) is 2.99. The monoisotopic (exact) mass is 360 g/mol. The Morgan fingerprint density at radius 1 is 1.24 bits per heavy atom. The normalized spacial score (nSPS) is 28.1. The number of alkyl halides is 3. The summed E-state index contributed by atoms with van der Waals surface area (Å²) < 4.78 is 39.6. The van der Waals surface area contributed by atoms with Crippen molar-refractivity contribution in [2.45, 2.75) is 38.3 Å². The first-order chi connectivity index (χ1) is 9.84. The summed E-state index contributed by atoms with van der Waals surface area (Å²) in [5, 5.41) is 0. The number of halogens is 4. The summed E-state index contributed by atoms with van der Waals surface area (Å²) in [5.74, 6) is 1.15. The van der Waals surface area contributed by atoms with Crippen LogP contribution in [0.15, 0.2) is 22.7 Å². The second kappa shape index (κ2) is 5.41. The van der Waals surface area contributed by atoms with Gasteiger partial charge in [0.1, 0.15) is 0 Å². The van der Waals surface area contributed by atoms with E-state index >= 15 is 0 Å². The van der Waals surface area contributed by atoms with Crippen molar-refractivity contribution in [2.24, 2.45) is 17.8 Å². The van der Waals surface area contributed by atoms with Gasteiger partial charge in [0.2, 0.25) is 0 Å². The van der Waals surface area contributed by atoms with Crippen LogP contribution in [-0.4, -0.2) is 5.78 Å². The van der Waals surface area contributed by atoms with Crippen molar-refractivity contribution in [2.75, 3.05) is 0 Å². The third kappa shape index (κ3) is 3.03. The molecule has 0 aromatic heterocycles. The Balaban J connectivity index is 1.81. The second-order valence-corrected chi connectivity index (χ2v) is 7.17. The molecule has 1 aromatic rings. The van der Waals surface area contributed by atoms with Crippen LogP contribution in [0.1, 0.15) is 48.0 Å². The smallest absolute Gasteiger partial charge is 0.294 e. The zero-order valence-corrected chi connectivity index (χ0v) is 13.0. The maximum Gasteiger partial charge on any atom is 0.417 e. The third-order valence-corrected chi connectivity index (χ3v) is 5.41. The van der Waals surface area contributed by atoms with E-state index in [1.165, 1.54) is 18.6 Å². The maximum absolute atomic E-state index is 13.1. The quantitative estimate of drug-likeness (QED) is 0.652. The lowest BCUT2D eigenvalue weighted by molar-refractivity contribution is -0.138. The Morgan fingerprint density at radius 3 is 2.57 bits per heavy atom. The molecule has 0 radical (unpaired) electrons. The lowest BCUT2D eigenvalue weighted by Crippen LogP contribution is -2.18. The van der Waals surface area contributed by atoms with Crippen molar-refractivity contribution in [3.8, 4) is 0 Å². The Hall–Kier alpha value is -0.840. The highest BCUT2D eigenvalue weighted by molar-refractivity contribution is 9.10. The summed E-state index contributed by atoms with van der Waals surface area (Å²) in [6, 6.07) is 3.79. The molecule has 0 saturated heterocycles. The van der Waals surface area contributed by atoms with Gasteiger partial charge in [0, 0.05) is 16.5 Å². The van der Waals surface area contributed by atoms with Gasteiger partial charge in [-0.1, -0.05) is 22.4 Å². The molecule has 5 heteroatoms.